The molecule has 0 amide bonds. The van der Waals surface area contributed by atoms with Crippen molar-refractivity contribution in [3.05, 3.63) is 0 Å². The van der Waals surface area contributed by atoms with E-state index in [2.05, 4.69) is 58.9 Å². The van der Waals surface area contributed by atoms with Crippen molar-refractivity contribution in [2.24, 2.45) is 0 Å². The fraction of sp³-hybridized carbons (Fsp3) is 1.00. The number of hydrogen-bond acceptors (Lipinski definition) is 5. The molecular formula is C16H38O5Si3. The first-order valence-corrected chi connectivity index (χ1v) is 19.1. The average Bonchev–Trinajstić information content (AvgIpc) is 2.32. The van der Waals surface area contributed by atoms with Gasteiger partial charge in [-0.1, -0.05) is 0 Å². The van der Waals surface area contributed by atoms with Gasteiger partial charge in [0.05, 0.1) is 12.2 Å². The number of hydrogen-bond donors (Lipinski definition) is 0. The molecule has 1 heterocycles. The molecule has 0 unspecified atom stereocenters. The van der Waals surface area contributed by atoms with Crippen molar-refractivity contribution in [3.63, 3.8) is 0 Å². The van der Waals surface area contributed by atoms with Gasteiger partial charge in [-0.25, -0.2) is 0 Å². The van der Waals surface area contributed by atoms with Gasteiger partial charge in [0.25, 0.3) is 0 Å². The summed E-state index contributed by atoms with van der Waals surface area (Å²) < 4.78 is 31.2. The van der Waals surface area contributed by atoms with Crippen molar-refractivity contribution >= 4 is 25.0 Å². The summed E-state index contributed by atoms with van der Waals surface area (Å²) in [5.41, 5.74) is 0. The Hall–Kier alpha value is 0.451. The SMILES string of the molecule is CO[C@H]1O[C@@H](C)[C@@H](O[Si](C)(C)C)[C@@H](O[Si](C)(C)C)[C@@H]1O[Si](C)(C)C. The molecule has 0 aromatic carbocycles. The summed E-state index contributed by atoms with van der Waals surface area (Å²) in [4.78, 5) is 0. The molecule has 1 rings (SSSR count). The summed E-state index contributed by atoms with van der Waals surface area (Å²) in [5.74, 6) is 0. The fourth-order valence-corrected chi connectivity index (χ4v) is 6.10. The van der Waals surface area contributed by atoms with Crippen LogP contribution in [0, 0.1) is 0 Å². The summed E-state index contributed by atoms with van der Waals surface area (Å²) in [6, 6.07) is 0. The first kappa shape index (κ1) is 22.5. The largest absolute Gasteiger partial charge is 0.409 e. The van der Waals surface area contributed by atoms with Gasteiger partial charge in [0.2, 0.25) is 0 Å². The van der Waals surface area contributed by atoms with Crippen LogP contribution in [-0.4, -0.2) is 62.8 Å². The topological polar surface area (TPSA) is 46.2 Å². The van der Waals surface area contributed by atoms with Gasteiger partial charge in [-0.15, -0.1) is 0 Å². The normalized spacial score (nSPS) is 32.9. The summed E-state index contributed by atoms with van der Waals surface area (Å²) in [5, 5.41) is 0. The van der Waals surface area contributed by atoms with Crippen LogP contribution in [0.25, 0.3) is 0 Å². The van der Waals surface area contributed by atoms with E-state index in [1.165, 1.54) is 0 Å². The zero-order valence-electron chi connectivity index (χ0n) is 17.4. The highest BCUT2D eigenvalue weighted by atomic mass is 28.4. The van der Waals surface area contributed by atoms with Gasteiger partial charge in [0.15, 0.2) is 31.2 Å². The van der Waals surface area contributed by atoms with Crippen molar-refractivity contribution in [2.45, 2.75) is 96.6 Å². The minimum atomic E-state index is -1.80. The summed E-state index contributed by atoms with van der Waals surface area (Å²) in [7, 11) is -3.67. The van der Waals surface area contributed by atoms with Crippen molar-refractivity contribution in [1.29, 1.82) is 0 Å². The van der Waals surface area contributed by atoms with Crippen molar-refractivity contribution in [3.8, 4) is 0 Å². The second-order valence-electron chi connectivity index (χ2n) is 9.53. The Morgan fingerprint density at radius 1 is 0.625 bits per heavy atom. The first-order chi connectivity index (χ1) is 10.6. The van der Waals surface area contributed by atoms with Crippen LogP contribution in [0.5, 0.6) is 0 Å². The molecule has 1 aliphatic heterocycles. The molecule has 5 nitrogen and oxygen atoms in total. The van der Waals surface area contributed by atoms with Gasteiger partial charge in [0, 0.05) is 7.11 Å². The van der Waals surface area contributed by atoms with Crippen LogP contribution in [-0.2, 0) is 22.8 Å². The molecule has 1 aliphatic rings. The third-order valence-corrected chi connectivity index (χ3v) is 6.37. The lowest BCUT2D eigenvalue weighted by atomic mass is 10.0. The van der Waals surface area contributed by atoms with Gasteiger partial charge in [0.1, 0.15) is 12.2 Å². The predicted molar refractivity (Wildman–Crippen MR) is 106 cm³/mol. The Morgan fingerprint density at radius 2 is 1.00 bits per heavy atom. The highest BCUT2D eigenvalue weighted by Gasteiger charge is 2.50. The molecule has 0 spiro atoms. The summed E-state index contributed by atoms with van der Waals surface area (Å²) in [6.07, 6.45) is -1.06. The number of methoxy groups -OCH3 is 1. The second kappa shape index (κ2) is 7.99. The van der Waals surface area contributed by atoms with E-state index < -0.39 is 31.2 Å². The van der Waals surface area contributed by atoms with Gasteiger partial charge >= 0.3 is 0 Å². The standard InChI is InChI=1S/C16H38O5Si3/c1-12-13(19-22(3,4)5)14(20-23(6,7)8)15(16(17-2)18-12)21-24(9,10)11/h12-16H,1-11H3/t12-,13+,14+,15-,16-/m0/s1. The summed E-state index contributed by atoms with van der Waals surface area (Å²) in [6.45, 7) is 21.8. The van der Waals surface area contributed by atoms with E-state index in [0.717, 1.165) is 0 Å². The van der Waals surface area contributed by atoms with E-state index in [-0.39, 0.29) is 24.4 Å². The molecule has 0 aliphatic carbocycles. The van der Waals surface area contributed by atoms with E-state index in [4.69, 9.17) is 22.8 Å². The van der Waals surface area contributed by atoms with Gasteiger partial charge < -0.3 is 22.8 Å². The van der Waals surface area contributed by atoms with E-state index in [1.54, 1.807) is 7.11 Å². The lowest BCUT2D eigenvalue weighted by molar-refractivity contribution is -0.275. The molecule has 0 aromatic heterocycles. The molecule has 0 aromatic rings. The maximum absolute atomic E-state index is 6.57. The fourth-order valence-electron chi connectivity index (χ4n) is 2.81. The second-order valence-corrected chi connectivity index (χ2v) is 22.9. The highest BCUT2D eigenvalue weighted by molar-refractivity contribution is 6.70. The lowest BCUT2D eigenvalue weighted by Crippen LogP contribution is -2.64. The minimum Gasteiger partial charge on any atom is -0.409 e. The maximum atomic E-state index is 6.57. The van der Waals surface area contributed by atoms with Crippen LogP contribution in [0.1, 0.15) is 6.92 Å². The summed E-state index contributed by atoms with van der Waals surface area (Å²) >= 11 is 0. The van der Waals surface area contributed by atoms with E-state index in [1.807, 2.05) is 6.92 Å². The molecule has 1 saturated heterocycles. The number of rotatable bonds is 7. The third kappa shape index (κ3) is 7.37. The molecule has 5 atom stereocenters. The molecule has 0 radical (unpaired) electrons. The predicted octanol–water partition coefficient (Wildman–Crippen LogP) is 4.04. The van der Waals surface area contributed by atoms with Crippen LogP contribution in [0.4, 0.5) is 0 Å². The van der Waals surface area contributed by atoms with E-state index in [9.17, 15) is 0 Å². The molecule has 0 bridgehead atoms. The Bertz CT molecular complexity index is 400. The molecule has 8 heteroatoms. The Labute approximate surface area is 151 Å². The zero-order chi connectivity index (χ0) is 18.9. The molecular weight excluding hydrogens is 356 g/mol. The molecule has 144 valence electrons. The van der Waals surface area contributed by atoms with Crippen LogP contribution >= 0.6 is 0 Å². The molecule has 24 heavy (non-hydrogen) atoms. The van der Waals surface area contributed by atoms with Gasteiger partial charge in [-0.05, 0) is 65.8 Å². The molecule has 1 fully saturated rings. The van der Waals surface area contributed by atoms with E-state index >= 15 is 0 Å². The van der Waals surface area contributed by atoms with Crippen LogP contribution in [0.15, 0.2) is 0 Å². The van der Waals surface area contributed by atoms with Crippen molar-refractivity contribution in [2.75, 3.05) is 7.11 Å². The average molecular weight is 395 g/mol. The first-order valence-electron chi connectivity index (χ1n) is 8.85. The number of ether oxygens (including phenoxy) is 2. The van der Waals surface area contributed by atoms with Crippen LogP contribution < -0.4 is 0 Å². The van der Waals surface area contributed by atoms with Gasteiger partial charge in [-0.2, -0.15) is 0 Å². The van der Waals surface area contributed by atoms with Crippen LogP contribution in [0.2, 0.25) is 58.9 Å². The Balaban J connectivity index is 3.20. The quantitative estimate of drug-likeness (QED) is 0.610. The monoisotopic (exact) mass is 394 g/mol. The minimum absolute atomic E-state index is 0.0930. The van der Waals surface area contributed by atoms with Crippen LogP contribution in [0.3, 0.4) is 0 Å². The molecule has 0 N–H and O–H groups in total. The van der Waals surface area contributed by atoms with Gasteiger partial charge in [-0.3, -0.25) is 0 Å². The lowest BCUT2D eigenvalue weighted by Gasteiger charge is -2.49. The Morgan fingerprint density at radius 3 is 1.38 bits per heavy atom. The zero-order valence-corrected chi connectivity index (χ0v) is 20.4. The highest BCUT2D eigenvalue weighted by Crippen LogP contribution is 2.33. The maximum Gasteiger partial charge on any atom is 0.185 e. The molecule has 0 saturated carbocycles. The van der Waals surface area contributed by atoms with E-state index in [0.29, 0.717) is 0 Å². The van der Waals surface area contributed by atoms with Crippen molar-refractivity contribution < 1.29 is 22.8 Å². The Kier molecular flexibility index (Phi) is 7.49. The smallest absolute Gasteiger partial charge is 0.185 e. The third-order valence-electron chi connectivity index (χ3n) is 3.43. The van der Waals surface area contributed by atoms with Crippen molar-refractivity contribution in [1.82, 2.24) is 0 Å².